The number of carbonyl (C=O) groups excluding carboxylic acids is 1. The van der Waals surface area contributed by atoms with E-state index in [-0.39, 0.29) is 23.5 Å². The molecule has 2 fully saturated rings. The van der Waals surface area contributed by atoms with Crippen molar-refractivity contribution >= 4 is 21.4 Å². The fourth-order valence-electron chi connectivity index (χ4n) is 3.47. The SMILES string of the molecule is O=C(NC1CCS(=O)(=O)C1)c1cc(NC2CCCCCC2)ccn1. The minimum atomic E-state index is -3.00. The highest BCUT2D eigenvalue weighted by molar-refractivity contribution is 7.91. The molecule has 1 aromatic rings. The van der Waals surface area contributed by atoms with Crippen molar-refractivity contribution in [1.82, 2.24) is 10.3 Å². The predicted octanol–water partition coefficient (Wildman–Crippen LogP) is 2.13. The topological polar surface area (TPSA) is 88.2 Å². The van der Waals surface area contributed by atoms with Crippen LogP contribution in [-0.2, 0) is 9.84 Å². The van der Waals surface area contributed by atoms with Gasteiger partial charge in [0, 0.05) is 24.0 Å². The van der Waals surface area contributed by atoms with Crippen molar-refractivity contribution in [2.45, 2.75) is 57.0 Å². The van der Waals surface area contributed by atoms with Gasteiger partial charge in [-0.15, -0.1) is 0 Å². The van der Waals surface area contributed by atoms with E-state index in [2.05, 4.69) is 15.6 Å². The van der Waals surface area contributed by atoms with Crippen LogP contribution in [0.25, 0.3) is 0 Å². The van der Waals surface area contributed by atoms with Gasteiger partial charge in [-0.05, 0) is 31.4 Å². The molecule has 1 amide bonds. The number of carbonyl (C=O) groups is 1. The Morgan fingerprint density at radius 1 is 1.08 bits per heavy atom. The average molecular weight is 351 g/mol. The maximum atomic E-state index is 12.3. The fourth-order valence-corrected chi connectivity index (χ4v) is 5.15. The first-order chi connectivity index (χ1) is 11.5. The lowest BCUT2D eigenvalue weighted by Gasteiger charge is -2.18. The van der Waals surface area contributed by atoms with Crippen molar-refractivity contribution < 1.29 is 13.2 Å². The number of rotatable bonds is 4. The number of sulfone groups is 1. The van der Waals surface area contributed by atoms with Crippen molar-refractivity contribution in [2.24, 2.45) is 0 Å². The molecule has 2 N–H and O–H groups in total. The van der Waals surface area contributed by atoms with Gasteiger partial charge in [0.25, 0.3) is 5.91 Å². The van der Waals surface area contributed by atoms with Crippen molar-refractivity contribution in [3.8, 4) is 0 Å². The quantitative estimate of drug-likeness (QED) is 0.812. The molecule has 1 saturated carbocycles. The molecule has 132 valence electrons. The highest BCUT2D eigenvalue weighted by Gasteiger charge is 2.29. The van der Waals surface area contributed by atoms with Gasteiger partial charge in [0.15, 0.2) is 9.84 Å². The molecule has 7 heteroatoms. The van der Waals surface area contributed by atoms with E-state index in [4.69, 9.17) is 0 Å². The van der Waals surface area contributed by atoms with Crippen LogP contribution in [0.4, 0.5) is 5.69 Å². The summed E-state index contributed by atoms with van der Waals surface area (Å²) < 4.78 is 23.0. The standard InChI is InChI=1S/C17H25N3O3S/c21-17(20-15-8-10-24(22,23)12-15)16-11-14(7-9-18-16)19-13-5-3-1-2-4-6-13/h7,9,11,13,15H,1-6,8,10,12H2,(H,18,19)(H,20,21). The number of nitrogens with zero attached hydrogens (tertiary/aromatic N) is 1. The molecule has 1 saturated heterocycles. The molecule has 6 nitrogen and oxygen atoms in total. The summed E-state index contributed by atoms with van der Waals surface area (Å²) in [4.78, 5) is 16.4. The first-order valence-electron chi connectivity index (χ1n) is 8.76. The van der Waals surface area contributed by atoms with Crippen LogP contribution in [0, 0.1) is 0 Å². The van der Waals surface area contributed by atoms with E-state index < -0.39 is 9.84 Å². The van der Waals surface area contributed by atoms with E-state index in [9.17, 15) is 13.2 Å². The molecule has 0 spiro atoms. The van der Waals surface area contributed by atoms with Crippen molar-refractivity contribution in [3.05, 3.63) is 24.0 Å². The third-order valence-electron chi connectivity index (χ3n) is 4.79. The number of nitrogens with one attached hydrogen (secondary N) is 2. The molecule has 3 rings (SSSR count). The minimum absolute atomic E-state index is 0.0265. The summed E-state index contributed by atoms with van der Waals surface area (Å²) in [5, 5.41) is 6.29. The summed E-state index contributed by atoms with van der Waals surface area (Å²) in [6, 6.07) is 3.78. The van der Waals surface area contributed by atoms with Gasteiger partial charge >= 0.3 is 0 Å². The van der Waals surface area contributed by atoms with Crippen LogP contribution in [-0.4, -0.2) is 42.9 Å². The van der Waals surface area contributed by atoms with Crippen LogP contribution >= 0.6 is 0 Å². The molecule has 1 aliphatic carbocycles. The normalized spacial score (nSPS) is 24.2. The summed E-state index contributed by atoms with van der Waals surface area (Å²) in [5.74, 6) is -0.130. The lowest BCUT2D eigenvalue weighted by atomic mass is 10.1. The number of aromatic nitrogens is 1. The number of hydrogen-bond donors (Lipinski definition) is 2. The van der Waals surface area contributed by atoms with E-state index in [1.54, 1.807) is 12.3 Å². The molecular weight excluding hydrogens is 326 g/mol. The molecule has 1 atom stereocenters. The Morgan fingerprint density at radius 3 is 2.50 bits per heavy atom. The molecule has 2 aliphatic rings. The highest BCUT2D eigenvalue weighted by Crippen LogP contribution is 2.21. The van der Waals surface area contributed by atoms with E-state index in [0.29, 0.717) is 18.2 Å². The Hall–Kier alpha value is -1.63. The van der Waals surface area contributed by atoms with Gasteiger partial charge in [-0.3, -0.25) is 9.78 Å². The fraction of sp³-hybridized carbons (Fsp3) is 0.647. The summed E-state index contributed by atoms with van der Waals surface area (Å²) >= 11 is 0. The Morgan fingerprint density at radius 2 is 1.83 bits per heavy atom. The molecule has 1 aliphatic heterocycles. The number of anilines is 1. The van der Waals surface area contributed by atoms with Crippen molar-refractivity contribution in [3.63, 3.8) is 0 Å². The van der Waals surface area contributed by atoms with E-state index in [0.717, 1.165) is 18.5 Å². The van der Waals surface area contributed by atoms with Crippen LogP contribution < -0.4 is 10.6 Å². The molecule has 0 aromatic carbocycles. The first kappa shape index (κ1) is 17.2. The molecular formula is C17H25N3O3S. The molecule has 1 unspecified atom stereocenters. The average Bonchev–Trinajstić information content (AvgIpc) is 2.75. The van der Waals surface area contributed by atoms with Crippen LogP contribution in [0.5, 0.6) is 0 Å². The summed E-state index contributed by atoms with van der Waals surface area (Å²) in [7, 11) is -3.00. The first-order valence-corrected chi connectivity index (χ1v) is 10.6. The second-order valence-electron chi connectivity index (χ2n) is 6.84. The van der Waals surface area contributed by atoms with E-state index in [1.165, 1.54) is 25.7 Å². The predicted molar refractivity (Wildman–Crippen MR) is 93.9 cm³/mol. The summed E-state index contributed by atoms with van der Waals surface area (Å²) in [6.45, 7) is 0. The monoisotopic (exact) mass is 351 g/mol. The van der Waals surface area contributed by atoms with Crippen LogP contribution in [0.15, 0.2) is 18.3 Å². The Labute approximate surface area is 143 Å². The zero-order valence-electron chi connectivity index (χ0n) is 13.8. The third kappa shape index (κ3) is 4.69. The molecule has 24 heavy (non-hydrogen) atoms. The zero-order valence-corrected chi connectivity index (χ0v) is 14.6. The maximum Gasteiger partial charge on any atom is 0.270 e. The van der Waals surface area contributed by atoms with Gasteiger partial charge in [0.05, 0.1) is 11.5 Å². The van der Waals surface area contributed by atoms with Gasteiger partial charge in [0.1, 0.15) is 5.69 Å². The van der Waals surface area contributed by atoms with Gasteiger partial charge in [-0.1, -0.05) is 25.7 Å². The van der Waals surface area contributed by atoms with Crippen molar-refractivity contribution in [2.75, 3.05) is 16.8 Å². The molecule has 2 heterocycles. The lowest BCUT2D eigenvalue weighted by molar-refractivity contribution is 0.0936. The van der Waals surface area contributed by atoms with Gasteiger partial charge in [0.2, 0.25) is 0 Å². The van der Waals surface area contributed by atoms with E-state index in [1.807, 2.05) is 6.07 Å². The van der Waals surface area contributed by atoms with Crippen molar-refractivity contribution in [1.29, 1.82) is 0 Å². The number of pyridine rings is 1. The Kier molecular flexibility index (Phi) is 5.38. The highest BCUT2D eigenvalue weighted by atomic mass is 32.2. The number of hydrogen-bond acceptors (Lipinski definition) is 5. The van der Waals surface area contributed by atoms with Gasteiger partial charge < -0.3 is 10.6 Å². The summed E-state index contributed by atoms with van der Waals surface area (Å²) in [6.07, 6.45) is 9.50. The van der Waals surface area contributed by atoms with E-state index >= 15 is 0 Å². The van der Waals surface area contributed by atoms with Gasteiger partial charge in [-0.2, -0.15) is 0 Å². The largest absolute Gasteiger partial charge is 0.382 e. The molecule has 1 aromatic heterocycles. The third-order valence-corrected chi connectivity index (χ3v) is 6.55. The Balaban J connectivity index is 1.60. The molecule has 0 radical (unpaired) electrons. The maximum absolute atomic E-state index is 12.3. The van der Waals surface area contributed by atoms with Gasteiger partial charge in [-0.25, -0.2) is 8.42 Å². The summed E-state index contributed by atoms with van der Waals surface area (Å²) in [5.41, 5.74) is 1.24. The second-order valence-corrected chi connectivity index (χ2v) is 9.06. The zero-order chi connectivity index (χ0) is 17.0. The van der Waals surface area contributed by atoms with Crippen LogP contribution in [0.1, 0.15) is 55.4 Å². The minimum Gasteiger partial charge on any atom is -0.382 e. The number of amides is 1. The van der Waals surface area contributed by atoms with Crippen LogP contribution in [0.2, 0.25) is 0 Å². The Bertz CT molecular complexity index is 682. The lowest BCUT2D eigenvalue weighted by Crippen LogP contribution is -2.36. The smallest absolute Gasteiger partial charge is 0.270 e. The van der Waals surface area contributed by atoms with Crippen LogP contribution in [0.3, 0.4) is 0 Å². The molecule has 0 bridgehead atoms. The second kappa shape index (κ2) is 7.51.